The van der Waals surface area contributed by atoms with Gasteiger partial charge < -0.3 is 4.42 Å². The van der Waals surface area contributed by atoms with Gasteiger partial charge in [-0.3, -0.25) is 0 Å². The van der Waals surface area contributed by atoms with Gasteiger partial charge in [0.25, 0.3) is 5.22 Å². The van der Waals surface area contributed by atoms with E-state index in [1.165, 1.54) is 0 Å². The molecule has 4 nitrogen and oxygen atoms in total. The number of thiazole rings is 1. The lowest BCUT2D eigenvalue weighted by Gasteiger charge is -1.99. The van der Waals surface area contributed by atoms with Gasteiger partial charge in [-0.25, -0.2) is 4.98 Å². The predicted molar refractivity (Wildman–Crippen MR) is 76.0 cm³/mol. The summed E-state index contributed by atoms with van der Waals surface area (Å²) < 4.78 is 43.0. The van der Waals surface area contributed by atoms with E-state index in [2.05, 4.69) is 15.2 Å². The van der Waals surface area contributed by atoms with Crippen LogP contribution >= 0.6 is 34.7 Å². The summed E-state index contributed by atoms with van der Waals surface area (Å²) in [6.07, 6.45) is -4.46. The molecule has 2 heterocycles. The molecule has 0 aliphatic carbocycles. The first-order valence-electron chi connectivity index (χ1n) is 5.72. The zero-order chi connectivity index (χ0) is 15.7. The van der Waals surface area contributed by atoms with Gasteiger partial charge in [0, 0.05) is 27.7 Å². The minimum absolute atomic E-state index is 0.119. The molecule has 0 radical (unpaired) electrons. The molecule has 0 N–H and O–H groups in total. The number of hydrogen-bond acceptors (Lipinski definition) is 6. The minimum atomic E-state index is -4.46. The van der Waals surface area contributed by atoms with E-state index in [9.17, 15) is 13.2 Å². The molecule has 0 aliphatic heterocycles. The molecule has 0 atom stereocenters. The predicted octanol–water partition coefficient (Wildman–Crippen LogP) is 5.02. The molecule has 3 aromatic rings. The number of halogens is 4. The normalized spacial score (nSPS) is 11.8. The van der Waals surface area contributed by atoms with Crippen LogP contribution in [0.2, 0.25) is 5.02 Å². The van der Waals surface area contributed by atoms with E-state index >= 15 is 0 Å². The Morgan fingerprint density at radius 3 is 2.50 bits per heavy atom. The second kappa shape index (κ2) is 5.90. The fourth-order valence-electron chi connectivity index (χ4n) is 1.47. The second-order valence-electron chi connectivity index (χ2n) is 3.98. The van der Waals surface area contributed by atoms with Crippen molar-refractivity contribution in [1.82, 2.24) is 15.2 Å². The molecule has 0 bridgehead atoms. The molecular formula is C12H5ClF3N3OS2. The van der Waals surface area contributed by atoms with Gasteiger partial charge in [0.15, 0.2) is 10.0 Å². The summed E-state index contributed by atoms with van der Waals surface area (Å²) in [5, 5.41) is 9.25. The van der Waals surface area contributed by atoms with Crippen molar-refractivity contribution < 1.29 is 17.6 Å². The first kappa shape index (κ1) is 15.3. The van der Waals surface area contributed by atoms with Crippen molar-refractivity contribution in [2.45, 2.75) is 15.7 Å². The smallest absolute Gasteiger partial charge is 0.411 e. The van der Waals surface area contributed by atoms with Crippen LogP contribution in [-0.2, 0) is 6.18 Å². The number of rotatable bonds is 3. The second-order valence-corrected chi connectivity index (χ2v) is 6.47. The van der Waals surface area contributed by atoms with Crippen LogP contribution in [0.4, 0.5) is 13.2 Å². The summed E-state index contributed by atoms with van der Waals surface area (Å²) in [6, 6.07) is 6.75. The van der Waals surface area contributed by atoms with E-state index in [1.54, 1.807) is 24.3 Å². The Bertz CT molecular complexity index is 786. The molecule has 2 aromatic heterocycles. The zero-order valence-corrected chi connectivity index (χ0v) is 12.9. The van der Waals surface area contributed by atoms with Gasteiger partial charge >= 0.3 is 6.18 Å². The molecule has 0 amide bonds. The maximum atomic E-state index is 12.5. The highest BCUT2D eigenvalue weighted by atomic mass is 35.5. The summed E-state index contributed by atoms with van der Waals surface area (Å²) in [7, 11) is 0. The number of nitrogens with zero attached hydrogens (tertiary/aromatic N) is 3. The molecule has 1 aromatic carbocycles. The maximum Gasteiger partial charge on any atom is 0.434 e. The fourth-order valence-corrected chi connectivity index (χ4v) is 3.19. The van der Waals surface area contributed by atoms with Crippen molar-refractivity contribution in [2.24, 2.45) is 0 Å². The Morgan fingerprint density at radius 2 is 1.86 bits per heavy atom. The molecule has 10 heteroatoms. The summed E-state index contributed by atoms with van der Waals surface area (Å²) in [5.74, 6) is 0.256. The lowest BCUT2D eigenvalue weighted by atomic mass is 10.2. The van der Waals surface area contributed by atoms with Crippen LogP contribution in [0.15, 0.2) is 43.6 Å². The van der Waals surface area contributed by atoms with Gasteiger partial charge in [0.2, 0.25) is 5.89 Å². The highest BCUT2D eigenvalue weighted by Gasteiger charge is 2.34. The monoisotopic (exact) mass is 363 g/mol. The number of aromatic nitrogens is 3. The molecule has 22 heavy (non-hydrogen) atoms. The Labute approximate surface area is 135 Å². The molecule has 0 saturated heterocycles. The third kappa shape index (κ3) is 3.42. The van der Waals surface area contributed by atoms with Gasteiger partial charge in [0.05, 0.1) is 0 Å². The SMILES string of the molecule is FC(F)(F)c1csc(Sc2nnc(-c3ccc(Cl)cc3)o2)n1. The van der Waals surface area contributed by atoms with E-state index in [1.807, 2.05) is 0 Å². The Morgan fingerprint density at radius 1 is 1.14 bits per heavy atom. The minimum Gasteiger partial charge on any atom is -0.411 e. The van der Waals surface area contributed by atoms with Crippen LogP contribution in [-0.4, -0.2) is 15.2 Å². The van der Waals surface area contributed by atoms with E-state index in [0.29, 0.717) is 10.6 Å². The third-order valence-corrected chi connectivity index (χ3v) is 4.48. The van der Waals surface area contributed by atoms with Crippen LogP contribution in [0.3, 0.4) is 0 Å². The van der Waals surface area contributed by atoms with Gasteiger partial charge in [0.1, 0.15) is 0 Å². The molecule has 0 aliphatic rings. The standard InChI is InChI=1S/C12H5ClF3N3OS2/c13-7-3-1-6(2-4-7)9-18-19-10(20-9)22-11-17-8(5-21-11)12(14,15)16/h1-5H. The highest BCUT2D eigenvalue weighted by Crippen LogP contribution is 2.36. The van der Waals surface area contributed by atoms with Crippen molar-refractivity contribution in [1.29, 1.82) is 0 Å². The maximum absolute atomic E-state index is 12.5. The molecule has 0 fully saturated rings. The van der Waals surface area contributed by atoms with Crippen molar-refractivity contribution in [3.05, 3.63) is 40.4 Å². The van der Waals surface area contributed by atoms with Crippen LogP contribution in [0.5, 0.6) is 0 Å². The molecule has 0 saturated carbocycles. The van der Waals surface area contributed by atoms with Crippen molar-refractivity contribution >= 4 is 34.7 Å². The Balaban J connectivity index is 1.77. The Hall–Kier alpha value is -1.58. The van der Waals surface area contributed by atoms with Crippen LogP contribution in [0.25, 0.3) is 11.5 Å². The van der Waals surface area contributed by atoms with Gasteiger partial charge in [-0.2, -0.15) is 13.2 Å². The van der Waals surface area contributed by atoms with E-state index < -0.39 is 11.9 Å². The van der Waals surface area contributed by atoms with Crippen LogP contribution in [0, 0.1) is 0 Å². The quantitative estimate of drug-likeness (QED) is 0.654. The topological polar surface area (TPSA) is 51.8 Å². The van der Waals surface area contributed by atoms with E-state index in [-0.39, 0.29) is 15.5 Å². The highest BCUT2D eigenvalue weighted by molar-refractivity contribution is 8.00. The Kier molecular flexibility index (Phi) is 4.11. The zero-order valence-electron chi connectivity index (χ0n) is 10.5. The fraction of sp³-hybridized carbons (Fsp3) is 0.0833. The number of benzene rings is 1. The van der Waals surface area contributed by atoms with Gasteiger partial charge in [-0.1, -0.05) is 11.6 Å². The number of hydrogen-bond donors (Lipinski definition) is 0. The lowest BCUT2D eigenvalue weighted by molar-refractivity contribution is -0.141. The molecular weight excluding hydrogens is 359 g/mol. The third-order valence-electron chi connectivity index (χ3n) is 2.45. The largest absolute Gasteiger partial charge is 0.434 e. The summed E-state index contributed by atoms with van der Waals surface area (Å²) in [4.78, 5) is 3.48. The number of alkyl halides is 3. The first-order valence-corrected chi connectivity index (χ1v) is 7.79. The van der Waals surface area contributed by atoms with Crippen molar-refractivity contribution in [3.8, 4) is 11.5 Å². The van der Waals surface area contributed by atoms with Gasteiger partial charge in [-0.15, -0.1) is 21.5 Å². The molecule has 3 rings (SSSR count). The average Bonchev–Trinajstić information content (AvgIpc) is 3.09. The summed E-state index contributed by atoms with van der Waals surface area (Å²) in [5.41, 5.74) is -0.267. The molecule has 0 spiro atoms. The van der Waals surface area contributed by atoms with E-state index in [4.69, 9.17) is 16.0 Å². The molecule has 114 valence electrons. The lowest BCUT2D eigenvalue weighted by Crippen LogP contribution is -2.04. The van der Waals surface area contributed by atoms with Crippen LogP contribution in [0.1, 0.15) is 5.69 Å². The summed E-state index contributed by atoms with van der Waals surface area (Å²) in [6.45, 7) is 0. The molecule has 0 unspecified atom stereocenters. The summed E-state index contributed by atoms with van der Waals surface area (Å²) >= 11 is 7.53. The van der Waals surface area contributed by atoms with E-state index in [0.717, 1.165) is 28.5 Å². The van der Waals surface area contributed by atoms with Gasteiger partial charge in [-0.05, 0) is 24.3 Å². The first-order chi connectivity index (χ1) is 10.4. The van der Waals surface area contributed by atoms with Crippen LogP contribution < -0.4 is 0 Å². The average molecular weight is 364 g/mol. The van der Waals surface area contributed by atoms with Crippen molar-refractivity contribution in [3.63, 3.8) is 0 Å². The van der Waals surface area contributed by atoms with Crippen molar-refractivity contribution in [2.75, 3.05) is 0 Å².